The zero-order chi connectivity index (χ0) is 17.4. The Morgan fingerprint density at radius 1 is 1.16 bits per heavy atom. The standard InChI is InChI=1S/C19H20N4O2/c1-13(15-10-11-24-21-15)22(2)12-14-8-9-18(25-14)19-20-16-6-4-5-7-17(16)23(19)3/h4-11,13H,12H2,1-3H3. The van der Waals surface area contributed by atoms with Gasteiger partial charge in [-0.1, -0.05) is 17.3 Å². The first-order valence-corrected chi connectivity index (χ1v) is 8.24. The van der Waals surface area contributed by atoms with E-state index in [2.05, 4.69) is 32.6 Å². The second-order valence-electron chi connectivity index (χ2n) is 6.26. The average Bonchev–Trinajstić information content (AvgIpc) is 3.35. The molecule has 0 saturated heterocycles. The number of para-hydroxylation sites is 2. The molecular formula is C19H20N4O2. The van der Waals surface area contributed by atoms with Crippen molar-refractivity contribution in [1.82, 2.24) is 19.6 Å². The summed E-state index contributed by atoms with van der Waals surface area (Å²) in [4.78, 5) is 6.85. The Balaban J connectivity index is 1.56. The zero-order valence-electron chi connectivity index (χ0n) is 14.5. The molecule has 0 aliphatic heterocycles. The average molecular weight is 336 g/mol. The van der Waals surface area contributed by atoms with Crippen LogP contribution in [-0.2, 0) is 13.6 Å². The van der Waals surface area contributed by atoms with Gasteiger partial charge in [0.25, 0.3) is 0 Å². The molecule has 1 atom stereocenters. The van der Waals surface area contributed by atoms with Crippen LogP contribution >= 0.6 is 0 Å². The monoisotopic (exact) mass is 336 g/mol. The van der Waals surface area contributed by atoms with Gasteiger partial charge in [-0.05, 0) is 38.2 Å². The second-order valence-corrected chi connectivity index (χ2v) is 6.26. The molecule has 3 aromatic heterocycles. The van der Waals surface area contributed by atoms with E-state index in [1.165, 1.54) is 0 Å². The fraction of sp³-hybridized carbons (Fsp3) is 0.263. The number of aryl methyl sites for hydroxylation is 1. The van der Waals surface area contributed by atoms with Crippen LogP contribution in [0.3, 0.4) is 0 Å². The molecule has 25 heavy (non-hydrogen) atoms. The predicted octanol–water partition coefficient (Wildman–Crippen LogP) is 4.01. The lowest BCUT2D eigenvalue weighted by molar-refractivity contribution is 0.223. The summed E-state index contributed by atoms with van der Waals surface area (Å²) in [5, 5.41) is 4.01. The van der Waals surface area contributed by atoms with Crippen molar-refractivity contribution < 1.29 is 8.94 Å². The molecule has 0 radical (unpaired) electrons. The molecule has 128 valence electrons. The van der Waals surface area contributed by atoms with Crippen molar-refractivity contribution in [2.45, 2.75) is 19.5 Å². The van der Waals surface area contributed by atoms with Crippen LogP contribution in [0.2, 0.25) is 0 Å². The molecule has 0 N–H and O–H groups in total. The normalized spacial score (nSPS) is 13.0. The van der Waals surface area contributed by atoms with Crippen LogP contribution in [-0.4, -0.2) is 26.7 Å². The molecule has 0 amide bonds. The van der Waals surface area contributed by atoms with E-state index < -0.39 is 0 Å². The van der Waals surface area contributed by atoms with Gasteiger partial charge in [0.1, 0.15) is 17.7 Å². The fourth-order valence-electron chi connectivity index (χ4n) is 2.99. The van der Waals surface area contributed by atoms with E-state index in [0.29, 0.717) is 6.54 Å². The quantitative estimate of drug-likeness (QED) is 0.551. The van der Waals surface area contributed by atoms with Crippen molar-refractivity contribution >= 4 is 11.0 Å². The molecule has 6 heteroatoms. The summed E-state index contributed by atoms with van der Waals surface area (Å²) in [5.41, 5.74) is 2.96. The third-order valence-electron chi connectivity index (χ3n) is 4.62. The SMILES string of the molecule is CC(c1ccon1)N(C)Cc1ccc(-c2nc3ccccc3n2C)o1. The smallest absolute Gasteiger partial charge is 0.176 e. The summed E-state index contributed by atoms with van der Waals surface area (Å²) in [7, 11) is 4.04. The van der Waals surface area contributed by atoms with Crippen LogP contribution in [0, 0.1) is 0 Å². The third kappa shape index (κ3) is 2.85. The number of imidazole rings is 1. The van der Waals surface area contributed by atoms with Crippen molar-refractivity contribution in [1.29, 1.82) is 0 Å². The van der Waals surface area contributed by atoms with Gasteiger partial charge in [0.15, 0.2) is 11.6 Å². The van der Waals surface area contributed by atoms with E-state index >= 15 is 0 Å². The minimum absolute atomic E-state index is 0.142. The predicted molar refractivity (Wildman–Crippen MR) is 94.8 cm³/mol. The summed E-state index contributed by atoms with van der Waals surface area (Å²) in [6.07, 6.45) is 1.59. The maximum Gasteiger partial charge on any atom is 0.176 e. The van der Waals surface area contributed by atoms with Gasteiger partial charge in [0.05, 0.1) is 23.6 Å². The first kappa shape index (κ1) is 15.7. The highest BCUT2D eigenvalue weighted by molar-refractivity contribution is 5.79. The van der Waals surface area contributed by atoms with E-state index in [1.807, 2.05) is 50.5 Å². The fourth-order valence-corrected chi connectivity index (χ4v) is 2.99. The zero-order valence-corrected chi connectivity index (χ0v) is 14.5. The topological polar surface area (TPSA) is 60.2 Å². The van der Waals surface area contributed by atoms with Crippen molar-refractivity contribution in [3.63, 3.8) is 0 Å². The Morgan fingerprint density at radius 3 is 2.76 bits per heavy atom. The molecule has 0 spiro atoms. The number of aromatic nitrogens is 3. The lowest BCUT2D eigenvalue weighted by Crippen LogP contribution is -2.21. The highest BCUT2D eigenvalue weighted by Crippen LogP contribution is 2.27. The molecule has 0 fully saturated rings. The van der Waals surface area contributed by atoms with Gasteiger partial charge >= 0.3 is 0 Å². The highest BCUT2D eigenvalue weighted by atomic mass is 16.5. The first-order valence-electron chi connectivity index (χ1n) is 8.24. The number of benzene rings is 1. The molecule has 4 aromatic rings. The van der Waals surface area contributed by atoms with Gasteiger partial charge in [-0.15, -0.1) is 0 Å². The van der Waals surface area contributed by atoms with E-state index in [4.69, 9.17) is 8.94 Å². The molecule has 1 unspecified atom stereocenters. The maximum atomic E-state index is 6.05. The van der Waals surface area contributed by atoms with E-state index in [1.54, 1.807) is 6.26 Å². The van der Waals surface area contributed by atoms with Crippen LogP contribution in [0.1, 0.15) is 24.4 Å². The largest absolute Gasteiger partial charge is 0.456 e. The number of hydrogen-bond donors (Lipinski definition) is 0. The van der Waals surface area contributed by atoms with Crippen LogP contribution in [0.25, 0.3) is 22.6 Å². The van der Waals surface area contributed by atoms with Gasteiger partial charge in [0.2, 0.25) is 0 Å². The highest BCUT2D eigenvalue weighted by Gasteiger charge is 2.18. The van der Waals surface area contributed by atoms with Gasteiger partial charge in [0, 0.05) is 13.1 Å². The van der Waals surface area contributed by atoms with Crippen molar-refractivity contribution in [2.75, 3.05) is 7.05 Å². The molecule has 0 bridgehead atoms. The van der Waals surface area contributed by atoms with E-state index in [9.17, 15) is 0 Å². The third-order valence-corrected chi connectivity index (χ3v) is 4.62. The molecular weight excluding hydrogens is 316 g/mol. The maximum absolute atomic E-state index is 6.05. The molecule has 4 rings (SSSR count). The Bertz CT molecular complexity index is 984. The Hall–Kier alpha value is -2.86. The minimum Gasteiger partial charge on any atom is -0.456 e. The van der Waals surface area contributed by atoms with Gasteiger partial charge in [-0.3, -0.25) is 4.90 Å². The van der Waals surface area contributed by atoms with Gasteiger partial charge in [-0.25, -0.2) is 4.98 Å². The Labute approximate surface area is 145 Å². The lowest BCUT2D eigenvalue weighted by atomic mass is 10.2. The number of fused-ring (bicyclic) bond motifs is 1. The molecule has 3 heterocycles. The summed E-state index contributed by atoms with van der Waals surface area (Å²) >= 11 is 0. The van der Waals surface area contributed by atoms with Crippen molar-refractivity contribution in [3.05, 3.63) is 60.2 Å². The van der Waals surface area contributed by atoms with Crippen LogP contribution in [0.4, 0.5) is 0 Å². The molecule has 6 nitrogen and oxygen atoms in total. The van der Waals surface area contributed by atoms with E-state index in [0.717, 1.165) is 34.1 Å². The van der Waals surface area contributed by atoms with Gasteiger partial charge < -0.3 is 13.5 Å². The van der Waals surface area contributed by atoms with Gasteiger partial charge in [-0.2, -0.15) is 0 Å². The summed E-state index contributed by atoms with van der Waals surface area (Å²) in [6, 6.07) is 14.1. The van der Waals surface area contributed by atoms with E-state index in [-0.39, 0.29) is 6.04 Å². The van der Waals surface area contributed by atoms with Crippen LogP contribution in [0.15, 0.2) is 57.7 Å². The Morgan fingerprint density at radius 2 is 2.00 bits per heavy atom. The first-order chi connectivity index (χ1) is 12.1. The van der Waals surface area contributed by atoms with Crippen LogP contribution in [0.5, 0.6) is 0 Å². The second kappa shape index (κ2) is 6.22. The van der Waals surface area contributed by atoms with Crippen LogP contribution < -0.4 is 0 Å². The summed E-state index contributed by atoms with van der Waals surface area (Å²) in [5.74, 6) is 2.50. The van der Waals surface area contributed by atoms with Crippen molar-refractivity contribution in [2.24, 2.45) is 7.05 Å². The minimum atomic E-state index is 0.142. The number of nitrogens with zero attached hydrogens (tertiary/aromatic N) is 4. The van der Waals surface area contributed by atoms with Crippen molar-refractivity contribution in [3.8, 4) is 11.6 Å². The molecule has 0 aliphatic rings. The Kier molecular flexibility index (Phi) is 3.89. The summed E-state index contributed by atoms with van der Waals surface area (Å²) in [6.45, 7) is 2.77. The number of hydrogen-bond acceptors (Lipinski definition) is 5. The lowest BCUT2D eigenvalue weighted by Gasteiger charge is -2.21. The number of rotatable bonds is 5. The molecule has 0 saturated carbocycles. The summed E-state index contributed by atoms with van der Waals surface area (Å²) < 4.78 is 13.0. The molecule has 0 aliphatic carbocycles. The number of furan rings is 1. The molecule has 1 aromatic carbocycles.